The first-order valence-corrected chi connectivity index (χ1v) is 5.53. The van der Waals surface area contributed by atoms with Crippen molar-refractivity contribution in [3.63, 3.8) is 0 Å². The summed E-state index contributed by atoms with van der Waals surface area (Å²) in [5.41, 5.74) is 0.995. The van der Waals surface area contributed by atoms with E-state index in [1.165, 1.54) is 7.11 Å². The quantitative estimate of drug-likeness (QED) is 0.826. The number of hydrogen-bond acceptors (Lipinski definition) is 3. The van der Waals surface area contributed by atoms with Crippen molar-refractivity contribution in [2.75, 3.05) is 13.7 Å². The van der Waals surface area contributed by atoms with Gasteiger partial charge in [-0.05, 0) is 17.5 Å². The third-order valence-electron chi connectivity index (χ3n) is 2.40. The third-order valence-corrected chi connectivity index (χ3v) is 2.40. The fraction of sp³-hybridized carbons (Fsp3) is 0.462. The van der Waals surface area contributed by atoms with Crippen LogP contribution in [0.3, 0.4) is 0 Å². The zero-order valence-corrected chi connectivity index (χ0v) is 10.3. The number of ether oxygens (including phenoxy) is 2. The number of carboxylic acids is 1. The minimum atomic E-state index is -1.02. The average molecular weight is 238 g/mol. The molecule has 0 aromatic heterocycles. The molecule has 1 rings (SSSR count). The fourth-order valence-corrected chi connectivity index (χ4v) is 1.53. The van der Waals surface area contributed by atoms with Gasteiger partial charge in [-0.2, -0.15) is 0 Å². The van der Waals surface area contributed by atoms with Crippen LogP contribution in [-0.4, -0.2) is 30.9 Å². The molecule has 0 amide bonds. The Morgan fingerprint density at radius 3 is 2.53 bits per heavy atom. The average Bonchev–Trinajstić information content (AvgIpc) is 2.28. The van der Waals surface area contributed by atoms with Gasteiger partial charge < -0.3 is 14.6 Å². The zero-order valence-electron chi connectivity index (χ0n) is 10.3. The summed E-state index contributed by atoms with van der Waals surface area (Å²) in [7, 11) is 1.45. The molecule has 1 unspecified atom stereocenters. The maximum Gasteiger partial charge on any atom is 0.347 e. The monoisotopic (exact) mass is 238 g/mol. The van der Waals surface area contributed by atoms with Crippen LogP contribution in [0.5, 0.6) is 5.75 Å². The second kappa shape index (κ2) is 6.25. The molecule has 0 saturated carbocycles. The molecule has 0 aliphatic rings. The van der Waals surface area contributed by atoms with Crippen molar-refractivity contribution in [1.82, 2.24) is 0 Å². The van der Waals surface area contributed by atoms with Crippen LogP contribution in [0.15, 0.2) is 24.3 Å². The van der Waals surface area contributed by atoms with E-state index in [2.05, 4.69) is 0 Å². The summed E-state index contributed by atoms with van der Waals surface area (Å²) in [6.07, 6.45) is -0.972. The number of methoxy groups -OCH3 is 1. The van der Waals surface area contributed by atoms with Gasteiger partial charge in [0.25, 0.3) is 0 Å². The summed E-state index contributed by atoms with van der Waals surface area (Å²) in [5.74, 6) is -0.138. The lowest BCUT2D eigenvalue weighted by atomic mass is 10.0. The van der Waals surface area contributed by atoms with E-state index in [-0.39, 0.29) is 12.5 Å². The van der Waals surface area contributed by atoms with E-state index in [0.717, 1.165) is 5.56 Å². The van der Waals surface area contributed by atoms with Crippen LogP contribution >= 0.6 is 0 Å². The van der Waals surface area contributed by atoms with Gasteiger partial charge in [-0.1, -0.05) is 32.0 Å². The molecule has 4 nitrogen and oxygen atoms in total. The Morgan fingerprint density at radius 2 is 2.00 bits per heavy atom. The Labute approximate surface area is 101 Å². The molecule has 0 aliphatic carbocycles. The normalized spacial score (nSPS) is 12.5. The highest BCUT2D eigenvalue weighted by Gasteiger charge is 2.20. The van der Waals surface area contributed by atoms with E-state index in [0.29, 0.717) is 5.75 Å². The van der Waals surface area contributed by atoms with Crippen molar-refractivity contribution in [2.45, 2.75) is 25.9 Å². The molecule has 94 valence electrons. The van der Waals surface area contributed by atoms with E-state index < -0.39 is 12.1 Å². The van der Waals surface area contributed by atoms with Gasteiger partial charge in [0.15, 0.2) is 0 Å². The third kappa shape index (κ3) is 3.75. The van der Waals surface area contributed by atoms with Gasteiger partial charge in [0.2, 0.25) is 6.10 Å². The van der Waals surface area contributed by atoms with Crippen LogP contribution in [0.25, 0.3) is 0 Å². The Balaban J connectivity index is 2.88. The molecule has 1 N–H and O–H groups in total. The van der Waals surface area contributed by atoms with Crippen LogP contribution in [0.1, 0.15) is 25.3 Å². The molecule has 1 aromatic carbocycles. The Bertz CT molecular complexity index is 373. The Kier molecular flexibility index (Phi) is 4.97. The molecule has 17 heavy (non-hydrogen) atoms. The number of rotatable bonds is 6. The molecule has 1 atom stereocenters. The zero-order chi connectivity index (χ0) is 12.8. The highest BCUT2D eigenvalue weighted by molar-refractivity contribution is 5.73. The smallest absolute Gasteiger partial charge is 0.347 e. The predicted molar refractivity (Wildman–Crippen MR) is 64.5 cm³/mol. The summed E-state index contributed by atoms with van der Waals surface area (Å²) in [6.45, 7) is 4.10. The molecular formula is C13H18O4. The maximum atomic E-state index is 11.0. The molecule has 0 saturated heterocycles. The lowest BCUT2D eigenvalue weighted by molar-refractivity contribution is -0.147. The van der Waals surface area contributed by atoms with Gasteiger partial charge in [0, 0.05) is 7.11 Å². The van der Waals surface area contributed by atoms with E-state index in [1.807, 2.05) is 32.0 Å². The molecule has 0 spiro atoms. The number of aliphatic carboxylic acids is 1. The SMILES string of the molecule is COCC(Oc1ccccc1C(C)C)C(=O)O. The molecular weight excluding hydrogens is 220 g/mol. The first kappa shape index (κ1) is 13.5. The van der Waals surface area contributed by atoms with Crippen molar-refractivity contribution in [2.24, 2.45) is 0 Å². The lowest BCUT2D eigenvalue weighted by Crippen LogP contribution is -2.31. The molecule has 0 radical (unpaired) electrons. The van der Waals surface area contributed by atoms with Crippen LogP contribution in [0.2, 0.25) is 0 Å². The summed E-state index contributed by atoms with van der Waals surface area (Å²) < 4.78 is 10.3. The molecule has 4 heteroatoms. The van der Waals surface area contributed by atoms with Crippen LogP contribution in [0.4, 0.5) is 0 Å². The van der Waals surface area contributed by atoms with Gasteiger partial charge in [-0.15, -0.1) is 0 Å². The standard InChI is InChI=1S/C13H18O4/c1-9(2)10-6-4-5-7-11(10)17-12(8-16-3)13(14)15/h4-7,9,12H,8H2,1-3H3,(H,14,15). The van der Waals surface area contributed by atoms with Gasteiger partial charge in [0.1, 0.15) is 5.75 Å². The van der Waals surface area contributed by atoms with E-state index in [4.69, 9.17) is 14.6 Å². The van der Waals surface area contributed by atoms with Gasteiger partial charge >= 0.3 is 5.97 Å². The largest absolute Gasteiger partial charge is 0.478 e. The number of carboxylic acid groups (broad SMARTS) is 1. The first-order valence-electron chi connectivity index (χ1n) is 5.53. The van der Waals surface area contributed by atoms with E-state index in [1.54, 1.807) is 6.07 Å². The summed E-state index contributed by atoms with van der Waals surface area (Å²) in [6, 6.07) is 7.45. The molecule has 0 heterocycles. The van der Waals surface area contributed by atoms with E-state index in [9.17, 15) is 4.79 Å². The van der Waals surface area contributed by atoms with Gasteiger partial charge in [-0.25, -0.2) is 4.79 Å². The number of carbonyl (C=O) groups is 1. The predicted octanol–water partition coefficient (Wildman–Crippen LogP) is 2.29. The number of benzene rings is 1. The topological polar surface area (TPSA) is 55.8 Å². The summed E-state index contributed by atoms with van der Waals surface area (Å²) >= 11 is 0. The summed E-state index contributed by atoms with van der Waals surface area (Å²) in [5, 5.41) is 8.99. The lowest BCUT2D eigenvalue weighted by Gasteiger charge is -2.18. The second-order valence-corrected chi connectivity index (χ2v) is 4.09. The van der Waals surface area contributed by atoms with Crippen LogP contribution in [0, 0.1) is 0 Å². The number of para-hydroxylation sites is 1. The van der Waals surface area contributed by atoms with Crippen molar-refractivity contribution in [3.05, 3.63) is 29.8 Å². The highest BCUT2D eigenvalue weighted by atomic mass is 16.5. The minimum Gasteiger partial charge on any atom is -0.478 e. The van der Waals surface area contributed by atoms with Gasteiger partial charge in [0.05, 0.1) is 6.61 Å². The maximum absolute atomic E-state index is 11.0. The molecule has 0 fully saturated rings. The van der Waals surface area contributed by atoms with Crippen molar-refractivity contribution < 1.29 is 19.4 Å². The molecule has 0 bridgehead atoms. The number of hydrogen-bond donors (Lipinski definition) is 1. The molecule has 0 aliphatic heterocycles. The Morgan fingerprint density at radius 1 is 1.35 bits per heavy atom. The minimum absolute atomic E-state index is 0.0295. The van der Waals surface area contributed by atoms with Crippen LogP contribution in [-0.2, 0) is 9.53 Å². The van der Waals surface area contributed by atoms with Crippen molar-refractivity contribution in [3.8, 4) is 5.75 Å². The Hall–Kier alpha value is -1.55. The highest BCUT2D eigenvalue weighted by Crippen LogP contribution is 2.26. The van der Waals surface area contributed by atoms with Crippen LogP contribution < -0.4 is 4.74 Å². The first-order chi connectivity index (χ1) is 8.06. The fourth-order valence-electron chi connectivity index (χ4n) is 1.53. The van der Waals surface area contributed by atoms with Gasteiger partial charge in [-0.3, -0.25) is 0 Å². The van der Waals surface area contributed by atoms with Crippen molar-refractivity contribution >= 4 is 5.97 Å². The van der Waals surface area contributed by atoms with Crippen molar-refractivity contribution in [1.29, 1.82) is 0 Å². The summed E-state index contributed by atoms with van der Waals surface area (Å²) in [4.78, 5) is 11.0. The molecule has 1 aromatic rings. The van der Waals surface area contributed by atoms with E-state index >= 15 is 0 Å². The second-order valence-electron chi connectivity index (χ2n) is 4.09.